The van der Waals surface area contributed by atoms with Gasteiger partial charge in [-0.2, -0.15) is 0 Å². The van der Waals surface area contributed by atoms with E-state index < -0.39 is 0 Å². The summed E-state index contributed by atoms with van der Waals surface area (Å²) in [5.41, 5.74) is 2.74. The van der Waals surface area contributed by atoms with Crippen molar-refractivity contribution in [2.45, 2.75) is 38.8 Å². The van der Waals surface area contributed by atoms with E-state index in [0.29, 0.717) is 0 Å². The van der Waals surface area contributed by atoms with Crippen LogP contribution in [0.2, 0.25) is 0 Å². The predicted octanol–water partition coefficient (Wildman–Crippen LogP) is 2.15. The van der Waals surface area contributed by atoms with Crippen LogP contribution in [0.1, 0.15) is 36.8 Å². The predicted molar refractivity (Wildman–Crippen MR) is 138 cm³/mol. The number of rotatable bonds is 20. The molecule has 0 saturated carbocycles. The third-order valence-corrected chi connectivity index (χ3v) is 4.98. The maximum absolute atomic E-state index is 3.57. The van der Waals surface area contributed by atoms with Crippen LogP contribution in [0.25, 0.3) is 0 Å². The Hall–Kier alpha value is -0.730. The van der Waals surface area contributed by atoms with Crippen molar-refractivity contribution in [3.63, 3.8) is 0 Å². The Labute approximate surface area is 198 Å². The van der Waals surface area contributed by atoms with Crippen molar-refractivity contribution in [2.24, 2.45) is 0 Å². The van der Waals surface area contributed by atoms with E-state index in [4.69, 9.17) is 0 Å². The molecule has 0 aromatic heterocycles. The summed E-state index contributed by atoms with van der Waals surface area (Å²) in [5.74, 6) is 0. The van der Waals surface area contributed by atoms with Gasteiger partial charge in [-0.15, -0.1) is 12.4 Å². The first-order valence-electron chi connectivity index (χ1n) is 11.8. The highest BCUT2D eigenvalue weighted by atomic mass is 35.5. The quantitative estimate of drug-likeness (QED) is 0.226. The fraction of sp³-hybridized carbons (Fsp3) is 0.750. The molecule has 0 radical (unpaired) electrons. The lowest BCUT2D eigenvalue weighted by Crippen LogP contribution is -2.25. The minimum atomic E-state index is 0. The van der Waals surface area contributed by atoms with Crippen molar-refractivity contribution in [1.29, 1.82) is 0 Å². The van der Waals surface area contributed by atoms with Crippen molar-refractivity contribution >= 4 is 12.4 Å². The molecule has 0 amide bonds. The van der Waals surface area contributed by atoms with E-state index in [2.05, 4.69) is 83.5 Å². The summed E-state index contributed by atoms with van der Waals surface area (Å²) in [6.07, 6.45) is 4.78. The molecule has 0 spiro atoms. The number of halogens is 1. The van der Waals surface area contributed by atoms with Gasteiger partial charge in [-0.3, -0.25) is 0 Å². The summed E-state index contributed by atoms with van der Waals surface area (Å²) in [5, 5.41) is 14.2. The van der Waals surface area contributed by atoms with Gasteiger partial charge in [-0.25, -0.2) is 0 Å². The number of nitrogens with zero attached hydrogens (tertiary/aromatic N) is 2. The third kappa shape index (κ3) is 19.7. The molecular formula is C24H49ClN6. The first-order chi connectivity index (χ1) is 14.6. The molecule has 1 aromatic carbocycles. The highest BCUT2D eigenvalue weighted by molar-refractivity contribution is 5.85. The number of nitrogens with one attached hydrogen (secondary N) is 4. The second-order valence-electron chi connectivity index (χ2n) is 8.69. The normalized spacial score (nSPS) is 11.3. The van der Waals surface area contributed by atoms with Crippen molar-refractivity contribution in [2.75, 3.05) is 80.5 Å². The average Bonchev–Trinajstić information content (AvgIpc) is 2.71. The molecule has 0 atom stereocenters. The summed E-state index contributed by atoms with van der Waals surface area (Å²) in [7, 11) is 8.51. The minimum Gasteiger partial charge on any atom is -0.317 e. The first-order valence-corrected chi connectivity index (χ1v) is 11.8. The van der Waals surface area contributed by atoms with Crippen LogP contribution in [0, 0.1) is 0 Å². The third-order valence-electron chi connectivity index (χ3n) is 4.98. The number of hydrogen-bond acceptors (Lipinski definition) is 6. The molecule has 0 aliphatic rings. The van der Waals surface area contributed by atoms with Gasteiger partial charge in [0, 0.05) is 13.1 Å². The van der Waals surface area contributed by atoms with Crippen LogP contribution in [-0.2, 0) is 13.1 Å². The Kier molecular flexibility index (Phi) is 20.6. The lowest BCUT2D eigenvalue weighted by atomic mass is 10.1. The van der Waals surface area contributed by atoms with Crippen LogP contribution in [0.15, 0.2) is 24.3 Å². The SMILES string of the molecule is CN(C)CCCNCCCNCc1cccc(CNCCCNCCCN(C)C)c1.Cl. The molecule has 31 heavy (non-hydrogen) atoms. The monoisotopic (exact) mass is 456 g/mol. The molecule has 182 valence electrons. The van der Waals surface area contributed by atoms with Crippen LogP contribution in [0.4, 0.5) is 0 Å². The van der Waals surface area contributed by atoms with Crippen LogP contribution < -0.4 is 21.3 Å². The minimum absolute atomic E-state index is 0. The first kappa shape index (κ1) is 30.3. The molecule has 0 aliphatic carbocycles. The molecule has 1 rings (SSSR count). The number of hydrogen-bond donors (Lipinski definition) is 4. The molecule has 6 nitrogen and oxygen atoms in total. The van der Waals surface area contributed by atoms with Gasteiger partial charge in [0.1, 0.15) is 0 Å². The zero-order valence-corrected chi connectivity index (χ0v) is 21.3. The summed E-state index contributed by atoms with van der Waals surface area (Å²) in [6, 6.07) is 8.92. The summed E-state index contributed by atoms with van der Waals surface area (Å²) >= 11 is 0. The van der Waals surface area contributed by atoms with E-state index >= 15 is 0 Å². The molecule has 0 aliphatic heterocycles. The van der Waals surface area contributed by atoms with Crippen LogP contribution >= 0.6 is 12.4 Å². The zero-order chi connectivity index (χ0) is 21.9. The fourth-order valence-electron chi connectivity index (χ4n) is 3.28. The van der Waals surface area contributed by atoms with E-state index in [9.17, 15) is 0 Å². The van der Waals surface area contributed by atoms with E-state index in [0.717, 1.165) is 65.4 Å². The van der Waals surface area contributed by atoms with Crippen molar-refractivity contribution in [3.8, 4) is 0 Å². The molecule has 0 unspecified atom stereocenters. The van der Waals surface area contributed by atoms with Crippen LogP contribution in [-0.4, -0.2) is 90.3 Å². The van der Waals surface area contributed by atoms with Gasteiger partial charge in [0.25, 0.3) is 0 Å². The maximum atomic E-state index is 3.57. The second kappa shape index (κ2) is 21.1. The Morgan fingerprint density at radius 1 is 0.581 bits per heavy atom. The fourth-order valence-corrected chi connectivity index (χ4v) is 3.28. The number of benzene rings is 1. The lowest BCUT2D eigenvalue weighted by molar-refractivity contribution is 0.394. The van der Waals surface area contributed by atoms with Gasteiger partial charge in [0.05, 0.1) is 0 Å². The van der Waals surface area contributed by atoms with E-state index in [1.807, 2.05) is 0 Å². The second-order valence-corrected chi connectivity index (χ2v) is 8.69. The molecule has 0 bridgehead atoms. The smallest absolute Gasteiger partial charge is 0.0205 e. The largest absolute Gasteiger partial charge is 0.317 e. The maximum Gasteiger partial charge on any atom is 0.0205 e. The van der Waals surface area contributed by atoms with Gasteiger partial charge in [0.15, 0.2) is 0 Å². The highest BCUT2D eigenvalue weighted by Crippen LogP contribution is 2.05. The van der Waals surface area contributed by atoms with Gasteiger partial charge in [0.2, 0.25) is 0 Å². The van der Waals surface area contributed by atoms with E-state index in [-0.39, 0.29) is 12.4 Å². The highest BCUT2D eigenvalue weighted by Gasteiger charge is 1.98. The lowest BCUT2D eigenvalue weighted by Gasteiger charge is -2.11. The van der Waals surface area contributed by atoms with Crippen molar-refractivity contribution < 1.29 is 0 Å². The topological polar surface area (TPSA) is 54.6 Å². The molecule has 4 N–H and O–H groups in total. The molecule has 0 saturated heterocycles. The summed E-state index contributed by atoms with van der Waals surface area (Å²) < 4.78 is 0. The molecular weight excluding hydrogens is 408 g/mol. The summed E-state index contributed by atoms with van der Waals surface area (Å²) in [6.45, 7) is 10.7. The molecule has 0 fully saturated rings. The van der Waals surface area contributed by atoms with Gasteiger partial charge in [-0.05, 0) is 117 Å². The molecule has 7 heteroatoms. The van der Waals surface area contributed by atoms with E-state index in [1.54, 1.807) is 0 Å². The van der Waals surface area contributed by atoms with Crippen molar-refractivity contribution in [1.82, 2.24) is 31.1 Å². The van der Waals surface area contributed by atoms with Gasteiger partial charge >= 0.3 is 0 Å². The zero-order valence-electron chi connectivity index (χ0n) is 20.5. The standard InChI is InChI=1S/C24H48N6.ClH/c1-29(2)18-8-16-25-12-6-14-27-21-23-10-5-11-24(20-23)22-28-15-7-13-26-17-9-19-30(3)4;/h5,10-11,20,25-28H,6-9,12-19,21-22H2,1-4H3;1H. The van der Waals surface area contributed by atoms with E-state index in [1.165, 1.54) is 36.8 Å². The van der Waals surface area contributed by atoms with Crippen molar-refractivity contribution in [3.05, 3.63) is 35.4 Å². The summed E-state index contributed by atoms with van der Waals surface area (Å²) in [4.78, 5) is 4.47. The Bertz CT molecular complexity index is 471. The average molecular weight is 457 g/mol. The van der Waals surface area contributed by atoms with Gasteiger partial charge in [-0.1, -0.05) is 24.3 Å². The Balaban J connectivity index is 0.00000900. The molecule has 0 heterocycles. The van der Waals surface area contributed by atoms with Crippen LogP contribution in [0.5, 0.6) is 0 Å². The Morgan fingerprint density at radius 3 is 1.39 bits per heavy atom. The Morgan fingerprint density at radius 2 is 0.968 bits per heavy atom. The molecule has 1 aromatic rings. The van der Waals surface area contributed by atoms with Crippen LogP contribution in [0.3, 0.4) is 0 Å². The van der Waals surface area contributed by atoms with Gasteiger partial charge < -0.3 is 31.1 Å².